The molecule has 0 amide bonds. The predicted molar refractivity (Wildman–Crippen MR) is 68.3 cm³/mol. The molecule has 1 heterocycles. The van der Waals surface area contributed by atoms with Crippen molar-refractivity contribution in [2.24, 2.45) is 5.92 Å². The third kappa shape index (κ3) is 3.96. The number of methoxy groups -OCH3 is 1. The summed E-state index contributed by atoms with van der Waals surface area (Å²) in [4.78, 5) is 0. The zero-order chi connectivity index (χ0) is 13.0. The number of nitrogens with zero attached hydrogens (tertiary/aromatic N) is 2. The number of hydrogen-bond donors (Lipinski definition) is 2. The summed E-state index contributed by atoms with van der Waals surface area (Å²) in [5.41, 5.74) is 0. The quantitative estimate of drug-likeness (QED) is 0.730. The van der Waals surface area contributed by atoms with E-state index in [0.29, 0.717) is 37.0 Å². The second-order valence-corrected chi connectivity index (χ2v) is 5.11. The molecule has 1 aliphatic carbocycles. The molecular weight excluding hydrogens is 232 g/mol. The second kappa shape index (κ2) is 6.15. The first-order valence-electron chi connectivity index (χ1n) is 6.50. The van der Waals surface area contributed by atoms with Crippen LogP contribution in [0.25, 0.3) is 0 Å². The number of nitrogens with one attached hydrogen (secondary N) is 2. The molecule has 1 fully saturated rings. The molecule has 6 heteroatoms. The van der Waals surface area contributed by atoms with E-state index in [0.717, 1.165) is 0 Å². The van der Waals surface area contributed by atoms with Gasteiger partial charge in [-0.05, 0) is 18.8 Å². The lowest BCUT2D eigenvalue weighted by atomic mass is 10.1. The van der Waals surface area contributed by atoms with Gasteiger partial charge in [-0.15, -0.1) is 5.10 Å². The van der Waals surface area contributed by atoms with Crippen molar-refractivity contribution in [3.05, 3.63) is 5.89 Å². The molecule has 1 saturated carbocycles. The van der Waals surface area contributed by atoms with E-state index >= 15 is 0 Å². The highest BCUT2D eigenvalue weighted by Crippen LogP contribution is 2.19. The monoisotopic (exact) mass is 254 g/mol. The fourth-order valence-corrected chi connectivity index (χ4v) is 1.64. The van der Waals surface area contributed by atoms with E-state index in [1.54, 1.807) is 7.11 Å². The SMILES string of the molecule is COCC(Nc1nnc(CNC2CC2)o1)C(C)C. The third-order valence-electron chi connectivity index (χ3n) is 3.05. The van der Waals surface area contributed by atoms with Gasteiger partial charge in [-0.2, -0.15) is 0 Å². The Bertz CT molecular complexity index is 363. The molecule has 0 saturated heterocycles. The zero-order valence-electron chi connectivity index (χ0n) is 11.3. The average Bonchev–Trinajstić information content (AvgIpc) is 3.06. The molecule has 1 unspecified atom stereocenters. The molecule has 2 N–H and O–H groups in total. The van der Waals surface area contributed by atoms with Gasteiger partial charge in [0, 0.05) is 13.2 Å². The lowest BCUT2D eigenvalue weighted by Gasteiger charge is -2.19. The minimum absolute atomic E-state index is 0.180. The molecular formula is C12H22N4O2. The molecule has 0 radical (unpaired) electrons. The van der Waals surface area contributed by atoms with Gasteiger partial charge in [-0.1, -0.05) is 18.9 Å². The molecule has 1 aromatic rings. The zero-order valence-corrected chi connectivity index (χ0v) is 11.3. The van der Waals surface area contributed by atoms with Gasteiger partial charge in [-0.3, -0.25) is 0 Å². The van der Waals surface area contributed by atoms with E-state index in [9.17, 15) is 0 Å². The lowest BCUT2D eigenvalue weighted by Crippen LogP contribution is -2.30. The lowest BCUT2D eigenvalue weighted by molar-refractivity contribution is 0.170. The highest BCUT2D eigenvalue weighted by atomic mass is 16.5. The maximum Gasteiger partial charge on any atom is 0.315 e. The van der Waals surface area contributed by atoms with Crippen LogP contribution >= 0.6 is 0 Å². The van der Waals surface area contributed by atoms with E-state index in [4.69, 9.17) is 9.15 Å². The topological polar surface area (TPSA) is 72.2 Å². The summed E-state index contributed by atoms with van der Waals surface area (Å²) < 4.78 is 10.7. The summed E-state index contributed by atoms with van der Waals surface area (Å²) in [5, 5.41) is 14.6. The van der Waals surface area contributed by atoms with Gasteiger partial charge in [-0.25, -0.2) is 0 Å². The van der Waals surface area contributed by atoms with Crippen molar-refractivity contribution in [2.45, 2.75) is 45.3 Å². The van der Waals surface area contributed by atoms with Crippen LogP contribution in [0, 0.1) is 5.92 Å². The van der Waals surface area contributed by atoms with Crippen molar-refractivity contribution in [2.75, 3.05) is 19.0 Å². The Kier molecular flexibility index (Phi) is 4.54. The predicted octanol–water partition coefficient (Wildman–Crippen LogP) is 1.40. The summed E-state index contributed by atoms with van der Waals surface area (Å²) in [5.74, 6) is 1.06. The summed E-state index contributed by atoms with van der Waals surface area (Å²) in [6, 6.07) is 1.29. The van der Waals surface area contributed by atoms with Crippen molar-refractivity contribution < 1.29 is 9.15 Å². The van der Waals surface area contributed by atoms with Crippen LogP contribution in [-0.4, -0.2) is 36.0 Å². The van der Waals surface area contributed by atoms with E-state index in [1.165, 1.54) is 12.8 Å². The average molecular weight is 254 g/mol. The fourth-order valence-electron chi connectivity index (χ4n) is 1.64. The first-order valence-corrected chi connectivity index (χ1v) is 6.50. The summed E-state index contributed by atoms with van der Waals surface area (Å²) in [6.07, 6.45) is 2.50. The molecule has 1 aliphatic rings. The molecule has 0 bridgehead atoms. The maximum absolute atomic E-state index is 5.54. The second-order valence-electron chi connectivity index (χ2n) is 5.11. The van der Waals surface area contributed by atoms with Gasteiger partial charge >= 0.3 is 6.01 Å². The molecule has 18 heavy (non-hydrogen) atoms. The molecule has 0 spiro atoms. The number of anilines is 1. The van der Waals surface area contributed by atoms with Crippen molar-refractivity contribution in [3.63, 3.8) is 0 Å². The number of rotatable bonds is 8. The fraction of sp³-hybridized carbons (Fsp3) is 0.833. The largest absolute Gasteiger partial charge is 0.407 e. The molecule has 6 nitrogen and oxygen atoms in total. The van der Waals surface area contributed by atoms with E-state index in [-0.39, 0.29) is 6.04 Å². The van der Waals surface area contributed by atoms with Crippen molar-refractivity contribution in [1.29, 1.82) is 0 Å². The van der Waals surface area contributed by atoms with Gasteiger partial charge in [0.2, 0.25) is 5.89 Å². The van der Waals surface area contributed by atoms with E-state index in [2.05, 4.69) is 34.7 Å². The molecule has 1 atom stereocenters. The van der Waals surface area contributed by atoms with Crippen LogP contribution in [0.2, 0.25) is 0 Å². The smallest absolute Gasteiger partial charge is 0.315 e. The Hall–Kier alpha value is -1.14. The number of ether oxygens (including phenoxy) is 1. The first-order chi connectivity index (χ1) is 8.69. The van der Waals surface area contributed by atoms with Crippen molar-refractivity contribution in [1.82, 2.24) is 15.5 Å². The van der Waals surface area contributed by atoms with Crippen LogP contribution in [0.1, 0.15) is 32.6 Å². The normalized spacial score (nSPS) is 17.1. The van der Waals surface area contributed by atoms with Crippen LogP contribution in [0.4, 0.5) is 6.01 Å². The molecule has 2 rings (SSSR count). The van der Waals surface area contributed by atoms with Crippen LogP contribution in [-0.2, 0) is 11.3 Å². The van der Waals surface area contributed by atoms with Gasteiger partial charge < -0.3 is 19.8 Å². The number of aromatic nitrogens is 2. The Morgan fingerprint density at radius 1 is 1.39 bits per heavy atom. The van der Waals surface area contributed by atoms with Gasteiger partial charge in [0.05, 0.1) is 19.2 Å². The molecule has 1 aromatic heterocycles. The Morgan fingerprint density at radius 2 is 2.17 bits per heavy atom. The summed E-state index contributed by atoms with van der Waals surface area (Å²) >= 11 is 0. The molecule has 0 aliphatic heterocycles. The Morgan fingerprint density at radius 3 is 2.78 bits per heavy atom. The van der Waals surface area contributed by atoms with Gasteiger partial charge in [0.15, 0.2) is 0 Å². The van der Waals surface area contributed by atoms with E-state index < -0.39 is 0 Å². The molecule has 102 valence electrons. The van der Waals surface area contributed by atoms with Crippen LogP contribution in [0.15, 0.2) is 4.42 Å². The Balaban J connectivity index is 1.83. The van der Waals surface area contributed by atoms with Crippen molar-refractivity contribution in [3.8, 4) is 0 Å². The number of hydrogen-bond acceptors (Lipinski definition) is 6. The minimum atomic E-state index is 0.180. The first kappa shape index (κ1) is 13.3. The highest BCUT2D eigenvalue weighted by molar-refractivity contribution is 5.19. The van der Waals surface area contributed by atoms with E-state index in [1.807, 2.05) is 0 Å². The third-order valence-corrected chi connectivity index (χ3v) is 3.05. The summed E-state index contributed by atoms with van der Waals surface area (Å²) in [7, 11) is 1.69. The molecule has 0 aromatic carbocycles. The summed E-state index contributed by atoms with van der Waals surface area (Å²) in [6.45, 7) is 5.52. The Labute approximate surface area is 107 Å². The van der Waals surface area contributed by atoms with Crippen LogP contribution < -0.4 is 10.6 Å². The van der Waals surface area contributed by atoms with Crippen LogP contribution in [0.5, 0.6) is 0 Å². The standard InChI is InChI=1S/C12H22N4O2/c1-8(2)10(7-17-3)14-12-16-15-11(18-12)6-13-9-4-5-9/h8-10,13H,4-7H2,1-3H3,(H,14,16). The van der Waals surface area contributed by atoms with Crippen molar-refractivity contribution >= 4 is 6.01 Å². The van der Waals surface area contributed by atoms with Gasteiger partial charge in [0.25, 0.3) is 0 Å². The van der Waals surface area contributed by atoms with Gasteiger partial charge in [0.1, 0.15) is 0 Å². The minimum Gasteiger partial charge on any atom is -0.407 e. The highest BCUT2D eigenvalue weighted by Gasteiger charge is 2.21. The maximum atomic E-state index is 5.54. The van der Waals surface area contributed by atoms with Crippen LogP contribution in [0.3, 0.4) is 0 Å².